The maximum Gasteiger partial charge on any atom is 0.150 e. The monoisotopic (exact) mass is 184 g/mol. The van der Waals surface area contributed by atoms with Crippen LogP contribution in [-0.2, 0) is 4.79 Å². The second-order valence-corrected chi connectivity index (χ2v) is 3.91. The Morgan fingerprint density at radius 1 is 1.38 bits per heavy atom. The van der Waals surface area contributed by atoms with E-state index in [4.69, 9.17) is 5.73 Å². The molecule has 0 spiro atoms. The summed E-state index contributed by atoms with van der Waals surface area (Å²) in [5, 5.41) is 0. The SMILES string of the molecule is CC(N)C(=O)CCN1CCCCC1. The van der Waals surface area contributed by atoms with E-state index in [-0.39, 0.29) is 11.8 Å². The number of hydrogen-bond acceptors (Lipinski definition) is 3. The fourth-order valence-corrected chi connectivity index (χ4v) is 1.68. The summed E-state index contributed by atoms with van der Waals surface area (Å²) in [5.41, 5.74) is 5.48. The topological polar surface area (TPSA) is 46.3 Å². The Labute approximate surface area is 80.3 Å². The first-order valence-electron chi connectivity index (χ1n) is 5.21. The Kier molecular flexibility index (Phi) is 4.39. The van der Waals surface area contributed by atoms with Gasteiger partial charge in [0.25, 0.3) is 0 Å². The highest BCUT2D eigenvalue weighted by Gasteiger charge is 2.13. The van der Waals surface area contributed by atoms with Crippen molar-refractivity contribution in [2.24, 2.45) is 5.73 Å². The van der Waals surface area contributed by atoms with Crippen LogP contribution in [0.1, 0.15) is 32.6 Å². The zero-order chi connectivity index (χ0) is 9.68. The summed E-state index contributed by atoms with van der Waals surface area (Å²) in [6.07, 6.45) is 4.54. The fraction of sp³-hybridized carbons (Fsp3) is 0.900. The molecule has 3 heteroatoms. The third-order valence-electron chi connectivity index (χ3n) is 2.63. The van der Waals surface area contributed by atoms with Crippen molar-refractivity contribution >= 4 is 5.78 Å². The summed E-state index contributed by atoms with van der Waals surface area (Å²) in [6.45, 7) is 4.98. The summed E-state index contributed by atoms with van der Waals surface area (Å²) in [4.78, 5) is 13.6. The van der Waals surface area contributed by atoms with Crippen molar-refractivity contribution in [1.82, 2.24) is 4.90 Å². The van der Waals surface area contributed by atoms with E-state index in [1.165, 1.54) is 19.3 Å². The van der Waals surface area contributed by atoms with Gasteiger partial charge < -0.3 is 10.6 Å². The minimum Gasteiger partial charge on any atom is -0.322 e. The Hall–Kier alpha value is -0.410. The van der Waals surface area contributed by atoms with Crippen molar-refractivity contribution in [1.29, 1.82) is 0 Å². The average molecular weight is 184 g/mol. The molecule has 1 saturated heterocycles. The number of Topliss-reactive ketones (excluding diaryl/α,β-unsaturated/α-hetero) is 1. The molecular weight excluding hydrogens is 164 g/mol. The molecule has 3 nitrogen and oxygen atoms in total. The zero-order valence-electron chi connectivity index (χ0n) is 8.46. The molecule has 1 unspecified atom stereocenters. The smallest absolute Gasteiger partial charge is 0.150 e. The van der Waals surface area contributed by atoms with Crippen LogP contribution < -0.4 is 5.73 Å². The number of nitrogens with zero attached hydrogens (tertiary/aromatic N) is 1. The number of carbonyl (C=O) groups is 1. The predicted octanol–water partition coefficient (Wildman–Crippen LogP) is 0.779. The number of ketones is 1. The lowest BCUT2D eigenvalue weighted by Crippen LogP contribution is -2.34. The third-order valence-corrected chi connectivity index (χ3v) is 2.63. The van der Waals surface area contributed by atoms with Crippen LogP contribution in [0.2, 0.25) is 0 Å². The quantitative estimate of drug-likeness (QED) is 0.702. The maximum absolute atomic E-state index is 11.2. The van der Waals surface area contributed by atoms with E-state index in [2.05, 4.69) is 4.90 Å². The number of carbonyl (C=O) groups excluding carboxylic acids is 1. The van der Waals surface area contributed by atoms with Gasteiger partial charge in [0.15, 0.2) is 5.78 Å². The highest BCUT2D eigenvalue weighted by Crippen LogP contribution is 2.08. The van der Waals surface area contributed by atoms with Crippen molar-refractivity contribution in [2.75, 3.05) is 19.6 Å². The molecule has 0 bridgehead atoms. The van der Waals surface area contributed by atoms with Crippen LogP contribution in [0.25, 0.3) is 0 Å². The Morgan fingerprint density at radius 3 is 2.54 bits per heavy atom. The first-order valence-corrected chi connectivity index (χ1v) is 5.21. The van der Waals surface area contributed by atoms with E-state index in [1.807, 2.05) is 0 Å². The van der Waals surface area contributed by atoms with Crippen molar-refractivity contribution in [3.05, 3.63) is 0 Å². The van der Waals surface area contributed by atoms with Crippen molar-refractivity contribution < 1.29 is 4.79 Å². The molecule has 0 aromatic rings. The predicted molar refractivity (Wildman–Crippen MR) is 53.6 cm³/mol. The molecule has 1 aliphatic rings. The van der Waals surface area contributed by atoms with Gasteiger partial charge >= 0.3 is 0 Å². The standard InChI is InChI=1S/C10H20N2O/c1-9(11)10(13)5-8-12-6-3-2-4-7-12/h9H,2-8,11H2,1H3. The molecule has 0 aromatic carbocycles. The number of rotatable bonds is 4. The Morgan fingerprint density at radius 2 is 2.00 bits per heavy atom. The van der Waals surface area contributed by atoms with Crippen molar-refractivity contribution in [3.8, 4) is 0 Å². The number of piperidine rings is 1. The molecule has 1 atom stereocenters. The van der Waals surface area contributed by atoms with Gasteiger partial charge in [-0.05, 0) is 32.9 Å². The zero-order valence-corrected chi connectivity index (χ0v) is 8.46. The van der Waals surface area contributed by atoms with Gasteiger partial charge in [0.2, 0.25) is 0 Å². The number of likely N-dealkylation sites (tertiary alicyclic amines) is 1. The van der Waals surface area contributed by atoms with E-state index in [9.17, 15) is 4.79 Å². The van der Waals surface area contributed by atoms with E-state index in [0.29, 0.717) is 6.42 Å². The van der Waals surface area contributed by atoms with Gasteiger partial charge in [-0.1, -0.05) is 6.42 Å². The highest BCUT2D eigenvalue weighted by atomic mass is 16.1. The highest BCUT2D eigenvalue weighted by molar-refractivity contribution is 5.83. The molecule has 0 amide bonds. The number of nitrogens with two attached hydrogens (primary N) is 1. The lowest BCUT2D eigenvalue weighted by molar-refractivity contribution is -0.120. The molecule has 1 aliphatic heterocycles. The van der Waals surface area contributed by atoms with Crippen LogP contribution in [0.15, 0.2) is 0 Å². The van der Waals surface area contributed by atoms with Crippen LogP contribution in [0.3, 0.4) is 0 Å². The molecule has 0 aromatic heterocycles. The van der Waals surface area contributed by atoms with Crippen LogP contribution in [-0.4, -0.2) is 36.4 Å². The van der Waals surface area contributed by atoms with Crippen LogP contribution in [0.5, 0.6) is 0 Å². The fourth-order valence-electron chi connectivity index (χ4n) is 1.68. The van der Waals surface area contributed by atoms with Crippen LogP contribution >= 0.6 is 0 Å². The van der Waals surface area contributed by atoms with Gasteiger partial charge in [-0.25, -0.2) is 0 Å². The maximum atomic E-state index is 11.2. The molecule has 0 saturated carbocycles. The van der Waals surface area contributed by atoms with Gasteiger partial charge in [-0.3, -0.25) is 4.79 Å². The first-order chi connectivity index (χ1) is 6.20. The Balaban J connectivity index is 2.13. The van der Waals surface area contributed by atoms with Crippen molar-refractivity contribution in [3.63, 3.8) is 0 Å². The molecule has 76 valence electrons. The van der Waals surface area contributed by atoms with Crippen LogP contribution in [0.4, 0.5) is 0 Å². The molecule has 1 fully saturated rings. The second-order valence-electron chi connectivity index (χ2n) is 3.91. The van der Waals surface area contributed by atoms with E-state index >= 15 is 0 Å². The van der Waals surface area contributed by atoms with Gasteiger partial charge in [-0.15, -0.1) is 0 Å². The normalized spacial score (nSPS) is 21.4. The van der Waals surface area contributed by atoms with Gasteiger partial charge in [-0.2, -0.15) is 0 Å². The molecule has 2 N–H and O–H groups in total. The minimum absolute atomic E-state index is 0.186. The molecule has 1 rings (SSSR count). The summed E-state index contributed by atoms with van der Waals surface area (Å²) in [7, 11) is 0. The molecule has 0 aliphatic carbocycles. The second kappa shape index (κ2) is 5.35. The summed E-state index contributed by atoms with van der Waals surface area (Å²) >= 11 is 0. The van der Waals surface area contributed by atoms with Gasteiger partial charge in [0.05, 0.1) is 6.04 Å². The third kappa shape index (κ3) is 3.87. The Bertz CT molecular complexity index is 162. The summed E-state index contributed by atoms with van der Waals surface area (Å²) in [5.74, 6) is 0.186. The van der Waals surface area contributed by atoms with Gasteiger partial charge in [0, 0.05) is 13.0 Å². The van der Waals surface area contributed by atoms with Gasteiger partial charge in [0.1, 0.15) is 0 Å². The molecular formula is C10H20N2O. The lowest BCUT2D eigenvalue weighted by Gasteiger charge is -2.26. The average Bonchev–Trinajstić information content (AvgIpc) is 2.15. The summed E-state index contributed by atoms with van der Waals surface area (Å²) in [6, 6.07) is -0.287. The van der Waals surface area contributed by atoms with Crippen molar-refractivity contribution in [2.45, 2.75) is 38.6 Å². The number of hydrogen-bond donors (Lipinski definition) is 1. The summed E-state index contributed by atoms with van der Waals surface area (Å²) < 4.78 is 0. The van der Waals surface area contributed by atoms with E-state index in [1.54, 1.807) is 6.92 Å². The minimum atomic E-state index is -0.287. The lowest BCUT2D eigenvalue weighted by atomic mass is 10.1. The van der Waals surface area contributed by atoms with E-state index < -0.39 is 0 Å². The molecule has 0 radical (unpaired) electrons. The van der Waals surface area contributed by atoms with Crippen LogP contribution in [0, 0.1) is 0 Å². The largest absolute Gasteiger partial charge is 0.322 e. The molecule has 13 heavy (non-hydrogen) atoms. The molecule has 1 heterocycles. The van der Waals surface area contributed by atoms with E-state index in [0.717, 1.165) is 19.6 Å². The first kappa shape index (κ1) is 10.7.